The summed E-state index contributed by atoms with van der Waals surface area (Å²) in [7, 11) is -9.89. The van der Waals surface area contributed by atoms with Gasteiger partial charge in [-0.3, -0.25) is 37.3 Å². The number of carbonyl (C=O) groups excluding carboxylic acids is 4. The van der Waals surface area contributed by atoms with Crippen LogP contribution in [0.2, 0.25) is 0 Å². The molecule has 0 fully saturated rings. The Labute approximate surface area is 556 Å². The number of esters is 4. The zero-order valence-electron chi connectivity index (χ0n) is 59.0. The molecular formula is C72H140O17P2. The van der Waals surface area contributed by atoms with Crippen molar-refractivity contribution in [2.24, 2.45) is 5.92 Å². The lowest BCUT2D eigenvalue weighted by molar-refractivity contribution is -0.161. The number of phosphoric acid groups is 2. The van der Waals surface area contributed by atoms with Gasteiger partial charge in [0.2, 0.25) is 0 Å². The van der Waals surface area contributed by atoms with E-state index in [2.05, 4.69) is 34.6 Å². The second-order valence-corrected chi connectivity index (χ2v) is 29.4. The molecule has 91 heavy (non-hydrogen) atoms. The normalized spacial score (nSPS) is 14.0. The molecule has 0 spiro atoms. The second kappa shape index (κ2) is 65.4. The maximum atomic E-state index is 13.1. The van der Waals surface area contributed by atoms with E-state index in [1.807, 2.05) is 0 Å². The summed E-state index contributed by atoms with van der Waals surface area (Å²) in [5, 5.41) is 10.6. The highest BCUT2D eigenvalue weighted by molar-refractivity contribution is 7.47. The lowest BCUT2D eigenvalue weighted by Crippen LogP contribution is -2.30. The zero-order valence-corrected chi connectivity index (χ0v) is 60.8. The number of phosphoric ester groups is 2. The van der Waals surface area contributed by atoms with Crippen molar-refractivity contribution in [3.63, 3.8) is 0 Å². The predicted molar refractivity (Wildman–Crippen MR) is 368 cm³/mol. The van der Waals surface area contributed by atoms with Crippen LogP contribution in [0.1, 0.15) is 375 Å². The summed E-state index contributed by atoms with van der Waals surface area (Å²) in [5.74, 6) is -1.33. The molecule has 0 saturated heterocycles. The van der Waals surface area contributed by atoms with Gasteiger partial charge in [0.1, 0.15) is 19.3 Å². The van der Waals surface area contributed by atoms with Crippen molar-refractivity contribution < 1.29 is 80.2 Å². The fourth-order valence-electron chi connectivity index (χ4n) is 11.0. The van der Waals surface area contributed by atoms with E-state index in [-0.39, 0.29) is 25.7 Å². The molecule has 19 heteroatoms. The molecular weight excluding hydrogens is 1200 g/mol. The summed E-state index contributed by atoms with van der Waals surface area (Å²) >= 11 is 0. The monoisotopic (exact) mass is 1340 g/mol. The first-order valence-electron chi connectivity index (χ1n) is 37.6. The minimum atomic E-state index is -4.95. The van der Waals surface area contributed by atoms with Gasteiger partial charge in [0.05, 0.1) is 26.4 Å². The standard InChI is InChI=1S/C72H140O17P2/c1-6-9-12-15-18-20-21-22-23-24-25-26-27-30-34-38-43-48-53-58-72(77)89-68(62-83-70(75)56-51-46-41-37-33-31-28-29-32-36-40-44-49-54-65(4)5)64-87-91(80,81)85-60-66(73)59-84-90(78,79)86-63-67(61-82-69(74)55-50-45-39-17-14-11-8-3)88-71(76)57-52-47-42-35-19-16-13-10-7-2/h65-68,73H,6-64H2,1-5H3,(H,78,79)(H,80,81)/t66-,67+,68+/m0/s1. The number of carbonyl (C=O) groups is 4. The minimum Gasteiger partial charge on any atom is -0.462 e. The van der Waals surface area contributed by atoms with Gasteiger partial charge in [0.15, 0.2) is 12.2 Å². The van der Waals surface area contributed by atoms with E-state index in [1.165, 1.54) is 186 Å². The van der Waals surface area contributed by atoms with E-state index in [1.54, 1.807) is 0 Å². The Kier molecular flexibility index (Phi) is 64.0. The Morgan fingerprint density at radius 3 is 0.747 bits per heavy atom. The molecule has 17 nitrogen and oxygen atoms in total. The summed E-state index contributed by atoms with van der Waals surface area (Å²) in [6.45, 7) is 7.22. The molecule has 0 radical (unpaired) electrons. The third-order valence-electron chi connectivity index (χ3n) is 16.8. The summed E-state index contributed by atoms with van der Waals surface area (Å²) in [6, 6.07) is 0. The maximum absolute atomic E-state index is 13.1. The highest BCUT2D eigenvalue weighted by atomic mass is 31.2. The Morgan fingerprint density at radius 1 is 0.297 bits per heavy atom. The van der Waals surface area contributed by atoms with Crippen LogP contribution in [0.15, 0.2) is 0 Å². The first kappa shape index (κ1) is 89.1. The smallest absolute Gasteiger partial charge is 0.462 e. The van der Waals surface area contributed by atoms with Crippen LogP contribution in [0.5, 0.6) is 0 Å². The number of hydrogen-bond acceptors (Lipinski definition) is 15. The third kappa shape index (κ3) is 66.5. The SMILES string of the molecule is CCCCCCCCCCCCCCCCCCCCCC(=O)O[C@H](COC(=O)CCCCCCCCCCCCCCCC(C)C)COP(=O)(O)OC[C@@H](O)COP(=O)(O)OC[C@@H](COC(=O)CCCCCCCCC)OC(=O)CCCCCCCCCCC. The van der Waals surface area contributed by atoms with E-state index in [4.69, 9.17) is 37.0 Å². The van der Waals surface area contributed by atoms with Gasteiger partial charge in [-0.1, -0.05) is 324 Å². The van der Waals surface area contributed by atoms with Crippen LogP contribution in [0, 0.1) is 5.92 Å². The molecule has 0 aliphatic rings. The van der Waals surface area contributed by atoms with Gasteiger partial charge >= 0.3 is 39.5 Å². The fraction of sp³-hybridized carbons (Fsp3) is 0.944. The molecule has 0 aromatic carbocycles. The van der Waals surface area contributed by atoms with Crippen LogP contribution >= 0.6 is 15.6 Å². The number of ether oxygens (including phenoxy) is 4. The number of hydrogen-bond donors (Lipinski definition) is 3. The van der Waals surface area contributed by atoms with Gasteiger partial charge < -0.3 is 33.8 Å². The lowest BCUT2D eigenvalue weighted by Gasteiger charge is -2.21. The van der Waals surface area contributed by atoms with Crippen molar-refractivity contribution in [1.82, 2.24) is 0 Å². The second-order valence-electron chi connectivity index (χ2n) is 26.5. The van der Waals surface area contributed by atoms with Gasteiger partial charge in [-0.05, 0) is 31.6 Å². The van der Waals surface area contributed by atoms with Gasteiger partial charge in [0, 0.05) is 25.7 Å². The van der Waals surface area contributed by atoms with Crippen LogP contribution in [0.4, 0.5) is 0 Å². The number of aliphatic hydroxyl groups excluding tert-OH is 1. The van der Waals surface area contributed by atoms with Crippen LogP contribution in [-0.2, 0) is 65.4 Å². The number of rotatable bonds is 72. The Hall–Kier alpha value is -1.94. The van der Waals surface area contributed by atoms with E-state index in [0.717, 1.165) is 109 Å². The Bertz CT molecular complexity index is 1750. The molecule has 0 aromatic heterocycles. The van der Waals surface area contributed by atoms with E-state index < -0.39 is 97.5 Å². The van der Waals surface area contributed by atoms with Crippen LogP contribution in [0.3, 0.4) is 0 Å². The largest absolute Gasteiger partial charge is 0.472 e. The zero-order chi connectivity index (χ0) is 67.0. The molecule has 5 atom stereocenters. The summed E-state index contributed by atoms with van der Waals surface area (Å²) in [5.41, 5.74) is 0. The molecule has 0 saturated carbocycles. The average Bonchev–Trinajstić information content (AvgIpc) is 3.27. The molecule has 540 valence electrons. The molecule has 0 aliphatic heterocycles. The molecule has 3 N–H and O–H groups in total. The molecule has 0 bridgehead atoms. The summed E-state index contributed by atoms with van der Waals surface area (Å²) in [6.07, 6.45) is 52.9. The van der Waals surface area contributed by atoms with Crippen molar-refractivity contribution >= 4 is 39.5 Å². The highest BCUT2D eigenvalue weighted by Crippen LogP contribution is 2.45. The topological polar surface area (TPSA) is 237 Å². The number of unbranched alkanes of at least 4 members (excludes halogenated alkanes) is 44. The fourth-order valence-corrected chi connectivity index (χ4v) is 12.6. The first-order valence-corrected chi connectivity index (χ1v) is 40.6. The molecule has 0 rings (SSSR count). The van der Waals surface area contributed by atoms with Gasteiger partial charge in [0.25, 0.3) is 0 Å². The summed E-state index contributed by atoms with van der Waals surface area (Å²) in [4.78, 5) is 72.4. The van der Waals surface area contributed by atoms with Gasteiger partial charge in [-0.15, -0.1) is 0 Å². The van der Waals surface area contributed by atoms with Gasteiger partial charge in [-0.25, -0.2) is 9.13 Å². The molecule has 0 heterocycles. The van der Waals surface area contributed by atoms with Crippen molar-refractivity contribution in [2.45, 2.75) is 393 Å². The van der Waals surface area contributed by atoms with E-state index in [9.17, 15) is 43.2 Å². The van der Waals surface area contributed by atoms with Crippen molar-refractivity contribution in [3.8, 4) is 0 Å². The maximum Gasteiger partial charge on any atom is 0.472 e. The molecule has 0 amide bonds. The van der Waals surface area contributed by atoms with Crippen molar-refractivity contribution in [3.05, 3.63) is 0 Å². The molecule has 0 aliphatic carbocycles. The molecule has 0 aromatic rings. The first-order chi connectivity index (χ1) is 44.0. The highest BCUT2D eigenvalue weighted by Gasteiger charge is 2.30. The minimum absolute atomic E-state index is 0.106. The predicted octanol–water partition coefficient (Wildman–Crippen LogP) is 20.9. The third-order valence-corrected chi connectivity index (χ3v) is 18.7. The van der Waals surface area contributed by atoms with Crippen LogP contribution < -0.4 is 0 Å². The lowest BCUT2D eigenvalue weighted by atomic mass is 10.0. The van der Waals surface area contributed by atoms with E-state index in [0.29, 0.717) is 25.7 Å². The van der Waals surface area contributed by atoms with Crippen molar-refractivity contribution in [2.75, 3.05) is 39.6 Å². The number of aliphatic hydroxyl groups is 1. The summed E-state index contributed by atoms with van der Waals surface area (Å²) < 4.78 is 68.2. The van der Waals surface area contributed by atoms with Crippen LogP contribution in [-0.4, -0.2) is 96.7 Å². The van der Waals surface area contributed by atoms with Crippen molar-refractivity contribution in [1.29, 1.82) is 0 Å². The Morgan fingerprint density at radius 2 is 0.505 bits per heavy atom. The van der Waals surface area contributed by atoms with Crippen LogP contribution in [0.25, 0.3) is 0 Å². The Balaban J connectivity index is 5.16. The molecule has 2 unspecified atom stereocenters. The average molecular weight is 1340 g/mol. The van der Waals surface area contributed by atoms with E-state index >= 15 is 0 Å². The quantitative estimate of drug-likeness (QED) is 0.0222. The van der Waals surface area contributed by atoms with Gasteiger partial charge in [-0.2, -0.15) is 0 Å².